The van der Waals surface area contributed by atoms with Crippen LogP contribution in [0.1, 0.15) is 30.9 Å². The minimum absolute atomic E-state index is 0.317. The fourth-order valence-corrected chi connectivity index (χ4v) is 2.34. The Morgan fingerprint density at radius 1 is 1.47 bits per heavy atom. The van der Waals surface area contributed by atoms with Crippen molar-refractivity contribution in [2.24, 2.45) is 0 Å². The van der Waals surface area contributed by atoms with Crippen LogP contribution < -0.4 is 4.74 Å². The summed E-state index contributed by atoms with van der Waals surface area (Å²) in [6, 6.07) is 6.05. The largest absolute Gasteiger partial charge is 0.497 e. The minimum atomic E-state index is -0.317. The smallest absolute Gasteiger partial charge is 0.130 e. The Kier molecular flexibility index (Phi) is 2.51. The average Bonchev–Trinajstić information content (AvgIpc) is 2.29. The summed E-state index contributed by atoms with van der Waals surface area (Å²) in [6.07, 6.45) is 4.18. The van der Waals surface area contributed by atoms with E-state index < -0.39 is 0 Å². The van der Waals surface area contributed by atoms with Crippen molar-refractivity contribution in [3.8, 4) is 5.75 Å². The standard InChI is InChI=1S/C13H16O2/c1-13(9-14)7-3-4-10-5-6-11(15-2)8-12(10)13/h5-6,8-9H,3-4,7H2,1-2H3/t13-/m0/s1. The van der Waals surface area contributed by atoms with E-state index in [0.717, 1.165) is 36.9 Å². The third-order valence-corrected chi connectivity index (χ3v) is 3.33. The maximum atomic E-state index is 11.2. The predicted octanol–water partition coefficient (Wildman–Crippen LogP) is 2.49. The summed E-state index contributed by atoms with van der Waals surface area (Å²) in [5, 5.41) is 0. The van der Waals surface area contributed by atoms with Gasteiger partial charge in [-0.15, -0.1) is 0 Å². The van der Waals surface area contributed by atoms with Crippen molar-refractivity contribution in [1.82, 2.24) is 0 Å². The number of hydrogen-bond donors (Lipinski definition) is 0. The lowest BCUT2D eigenvalue weighted by Gasteiger charge is -2.31. The van der Waals surface area contributed by atoms with Crippen LogP contribution in [0, 0.1) is 0 Å². The van der Waals surface area contributed by atoms with Crippen LogP contribution in [0.2, 0.25) is 0 Å². The van der Waals surface area contributed by atoms with Crippen molar-refractivity contribution >= 4 is 6.29 Å². The lowest BCUT2D eigenvalue weighted by atomic mass is 9.72. The lowest BCUT2D eigenvalue weighted by Crippen LogP contribution is -2.29. The maximum absolute atomic E-state index is 11.2. The number of carbonyl (C=O) groups is 1. The van der Waals surface area contributed by atoms with Gasteiger partial charge in [-0.25, -0.2) is 0 Å². The van der Waals surface area contributed by atoms with Gasteiger partial charge in [-0.3, -0.25) is 0 Å². The van der Waals surface area contributed by atoms with Crippen LogP contribution in [0.25, 0.3) is 0 Å². The number of aldehydes is 1. The van der Waals surface area contributed by atoms with E-state index in [1.165, 1.54) is 5.56 Å². The zero-order valence-electron chi connectivity index (χ0n) is 9.25. The van der Waals surface area contributed by atoms with Crippen molar-refractivity contribution < 1.29 is 9.53 Å². The Hall–Kier alpha value is -1.31. The summed E-state index contributed by atoms with van der Waals surface area (Å²) >= 11 is 0. The first kappa shape index (κ1) is 10.2. The molecule has 0 unspecified atom stereocenters. The van der Waals surface area contributed by atoms with Crippen LogP contribution in [-0.2, 0) is 16.6 Å². The van der Waals surface area contributed by atoms with Crippen LogP contribution >= 0.6 is 0 Å². The van der Waals surface area contributed by atoms with E-state index in [4.69, 9.17) is 4.74 Å². The molecule has 0 amide bonds. The number of fused-ring (bicyclic) bond motifs is 1. The van der Waals surface area contributed by atoms with Crippen molar-refractivity contribution in [3.05, 3.63) is 29.3 Å². The quantitative estimate of drug-likeness (QED) is 0.692. The van der Waals surface area contributed by atoms with Gasteiger partial charge >= 0.3 is 0 Å². The van der Waals surface area contributed by atoms with Crippen molar-refractivity contribution in [1.29, 1.82) is 0 Å². The molecule has 0 heterocycles. The van der Waals surface area contributed by atoms with Crippen molar-refractivity contribution in [2.45, 2.75) is 31.6 Å². The van der Waals surface area contributed by atoms with Crippen molar-refractivity contribution in [3.63, 3.8) is 0 Å². The van der Waals surface area contributed by atoms with Gasteiger partial charge in [-0.1, -0.05) is 6.07 Å². The Balaban J connectivity index is 2.53. The Morgan fingerprint density at radius 2 is 2.27 bits per heavy atom. The van der Waals surface area contributed by atoms with Gasteiger partial charge in [0.1, 0.15) is 12.0 Å². The van der Waals surface area contributed by atoms with Gasteiger partial charge in [0.25, 0.3) is 0 Å². The van der Waals surface area contributed by atoms with Gasteiger partial charge in [0.05, 0.1) is 7.11 Å². The second-order valence-electron chi connectivity index (χ2n) is 4.41. The predicted molar refractivity (Wildman–Crippen MR) is 59.3 cm³/mol. The topological polar surface area (TPSA) is 26.3 Å². The second-order valence-corrected chi connectivity index (χ2v) is 4.41. The summed E-state index contributed by atoms with van der Waals surface area (Å²) in [5.41, 5.74) is 2.11. The van der Waals surface area contributed by atoms with Gasteiger partial charge in [-0.05, 0) is 49.4 Å². The molecule has 0 aromatic heterocycles. The van der Waals surface area contributed by atoms with Gasteiger partial charge in [-0.2, -0.15) is 0 Å². The van der Waals surface area contributed by atoms with Gasteiger partial charge in [0.15, 0.2) is 0 Å². The highest BCUT2D eigenvalue weighted by Gasteiger charge is 2.31. The first-order valence-electron chi connectivity index (χ1n) is 5.33. The fourth-order valence-electron chi connectivity index (χ4n) is 2.34. The summed E-state index contributed by atoms with van der Waals surface area (Å²) < 4.78 is 5.20. The molecule has 0 saturated carbocycles. The molecular formula is C13H16O2. The normalized spacial score (nSPS) is 24.4. The summed E-state index contributed by atoms with van der Waals surface area (Å²) in [6.45, 7) is 2.01. The SMILES string of the molecule is COc1ccc2c(c1)[C@](C)(C=O)CCC2. The molecule has 1 aliphatic carbocycles. The van der Waals surface area contributed by atoms with Crippen LogP contribution in [0.5, 0.6) is 5.75 Å². The molecular weight excluding hydrogens is 188 g/mol. The fraction of sp³-hybridized carbons (Fsp3) is 0.462. The molecule has 0 saturated heterocycles. The number of methoxy groups -OCH3 is 1. The van der Waals surface area contributed by atoms with Crippen molar-refractivity contribution in [2.75, 3.05) is 7.11 Å². The average molecular weight is 204 g/mol. The number of carbonyl (C=O) groups excluding carboxylic acids is 1. The molecule has 0 bridgehead atoms. The van der Waals surface area contributed by atoms with Crippen LogP contribution in [0.4, 0.5) is 0 Å². The Labute approximate surface area is 90.3 Å². The molecule has 80 valence electrons. The molecule has 2 nitrogen and oxygen atoms in total. The molecule has 2 heteroatoms. The van der Waals surface area contributed by atoms with Crippen LogP contribution in [0.3, 0.4) is 0 Å². The van der Waals surface area contributed by atoms with E-state index in [2.05, 4.69) is 6.07 Å². The molecule has 15 heavy (non-hydrogen) atoms. The van der Waals surface area contributed by atoms with E-state index in [1.54, 1.807) is 7.11 Å². The Morgan fingerprint density at radius 3 is 2.93 bits per heavy atom. The zero-order chi connectivity index (χ0) is 10.9. The Bertz CT molecular complexity index is 384. The van der Waals surface area contributed by atoms with Crippen LogP contribution in [-0.4, -0.2) is 13.4 Å². The first-order valence-corrected chi connectivity index (χ1v) is 5.33. The molecule has 1 aromatic carbocycles. The van der Waals surface area contributed by atoms with E-state index >= 15 is 0 Å². The molecule has 0 spiro atoms. The van der Waals surface area contributed by atoms with Crippen LogP contribution in [0.15, 0.2) is 18.2 Å². The summed E-state index contributed by atoms with van der Waals surface area (Å²) in [7, 11) is 1.66. The molecule has 0 fully saturated rings. The molecule has 1 aromatic rings. The van der Waals surface area contributed by atoms with E-state index in [1.807, 2.05) is 19.1 Å². The monoisotopic (exact) mass is 204 g/mol. The maximum Gasteiger partial charge on any atom is 0.130 e. The molecule has 0 radical (unpaired) electrons. The number of aryl methyl sites for hydroxylation is 1. The zero-order valence-corrected chi connectivity index (χ0v) is 9.25. The number of hydrogen-bond acceptors (Lipinski definition) is 2. The number of rotatable bonds is 2. The summed E-state index contributed by atoms with van der Waals surface area (Å²) in [4.78, 5) is 11.2. The molecule has 2 rings (SSSR count). The highest BCUT2D eigenvalue weighted by Crippen LogP contribution is 2.37. The minimum Gasteiger partial charge on any atom is -0.497 e. The summed E-state index contributed by atoms with van der Waals surface area (Å²) in [5.74, 6) is 0.837. The van der Waals surface area contributed by atoms with Gasteiger partial charge < -0.3 is 9.53 Å². The molecule has 0 aliphatic heterocycles. The molecule has 1 aliphatic rings. The highest BCUT2D eigenvalue weighted by molar-refractivity contribution is 5.70. The molecule has 0 N–H and O–H groups in total. The van der Waals surface area contributed by atoms with E-state index in [0.29, 0.717) is 0 Å². The van der Waals surface area contributed by atoms with E-state index in [-0.39, 0.29) is 5.41 Å². The second kappa shape index (κ2) is 3.69. The molecule has 1 atom stereocenters. The highest BCUT2D eigenvalue weighted by atomic mass is 16.5. The number of ether oxygens (including phenoxy) is 1. The first-order chi connectivity index (χ1) is 7.19. The third-order valence-electron chi connectivity index (χ3n) is 3.33. The lowest BCUT2D eigenvalue weighted by molar-refractivity contribution is -0.112. The van der Waals surface area contributed by atoms with Gasteiger partial charge in [0.2, 0.25) is 0 Å². The third kappa shape index (κ3) is 1.65. The number of benzene rings is 1. The van der Waals surface area contributed by atoms with Gasteiger partial charge in [0, 0.05) is 5.41 Å². The van der Waals surface area contributed by atoms with E-state index in [9.17, 15) is 4.79 Å².